The molecule has 104 valence electrons. The van der Waals surface area contributed by atoms with Gasteiger partial charge in [0.1, 0.15) is 0 Å². The van der Waals surface area contributed by atoms with Crippen molar-refractivity contribution in [3.63, 3.8) is 0 Å². The summed E-state index contributed by atoms with van der Waals surface area (Å²) in [5.74, 6) is -0.421. The maximum absolute atomic E-state index is 9.82. The second kappa shape index (κ2) is 20.3. The SMILES string of the molecule is CCOC(C)=O.CCOC(C)=O.CCOCC. The Balaban J connectivity index is -0.000000174. The van der Waals surface area contributed by atoms with Gasteiger partial charge < -0.3 is 14.2 Å². The molecule has 0 aromatic carbocycles. The van der Waals surface area contributed by atoms with Gasteiger partial charge in [-0.15, -0.1) is 0 Å². The first-order chi connectivity index (χ1) is 7.95. The van der Waals surface area contributed by atoms with Crippen LogP contribution in [-0.4, -0.2) is 38.4 Å². The minimum Gasteiger partial charge on any atom is -0.466 e. The lowest BCUT2D eigenvalue weighted by atomic mass is 10.8. The summed E-state index contributed by atoms with van der Waals surface area (Å²) in [6.45, 7) is 13.0. The summed E-state index contributed by atoms with van der Waals surface area (Å²) in [6, 6.07) is 0. The average Bonchev–Trinajstić information content (AvgIpc) is 2.20. The van der Waals surface area contributed by atoms with Crippen LogP contribution in [0.15, 0.2) is 0 Å². The lowest BCUT2D eigenvalue weighted by Crippen LogP contribution is -1.95. The van der Waals surface area contributed by atoms with Gasteiger partial charge in [0.15, 0.2) is 0 Å². The van der Waals surface area contributed by atoms with Gasteiger partial charge in [-0.1, -0.05) is 0 Å². The Kier molecular flexibility index (Phi) is 25.4. The van der Waals surface area contributed by atoms with Crippen LogP contribution in [0.2, 0.25) is 0 Å². The number of ether oxygens (including phenoxy) is 3. The van der Waals surface area contributed by atoms with E-state index >= 15 is 0 Å². The van der Waals surface area contributed by atoms with E-state index in [-0.39, 0.29) is 11.9 Å². The first-order valence-corrected chi connectivity index (χ1v) is 5.80. The monoisotopic (exact) mass is 250 g/mol. The summed E-state index contributed by atoms with van der Waals surface area (Å²) >= 11 is 0. The molecular formula is C12H26O5. The number of carbonyl (C=O) groups is 2. The zero-order valence-electron chi connectivity index (χ0n) is 11.9. The van der Waals surface area contributed by atoms with Crippen molar-refractivity contribution in [2.24, 2.45) is 0 Å². The highest BCUT2D eigenvalue weighted by Crippen LogP contribution is 1.70. The highest BCUT2D eigenvalue weighted by Gasteiger charge is 1.82. The van der Waals surface area contributed by atoms with Crippen molar-refractivity contribution in [3.8, 4) is 0 Å². The third kappa shape index (κ3) is 52.1. The van der Waals surface area contributed by atoms with Crippen molar-refractivity contribution in [1.29, 1.82) is 0 Å². The van der Waals surface area contributed by atoms with E-state index in [1.165, 1.54) is 13.8 Å². The summed E-state index contributed by atoms with van der Waals surface area (Å²) in [7, 11) is 0. The maximum atomic E-state index is 9.82. The van der Waals surface area contributed by atoms with Gasteiger partial charge in [0.25, 0.3) is 0 Å². The molecule has 0 fully saturated rings. The molecule has 0 amide bonds. The number of esters is 2. The van der Waals surface area contributed by atoms with Crippen LogP contribution >= 0.6 is 0 Å². The van der Waals surface area contributed by atoms with Crippen LogP contribution in [-0.2, 0) is 23.8 Å². The van der Waals surface area contributed by atoms with Crippen LogP contribution in [0.1, 0.15) is 41.5 Å². The lowest BCUT2D eigenvalue weighted by molar-refractivity contribution is -0.141. The van der Waals surface area contributed by atoms with E-state index in [1.807, 2.05) is 13.8 Å². The molecule has 5 nitrogen and oxygen atoms in total. The van der Waals surface area contributed by atoms with E-state index in [1.54, 1.807) is 13.8 Å². The molecule has 0 aromatic rings. The van der Waals surface area contributed by atoms with Gasteiger partial charge in [0.2, 0.25) is 0 Å². The smallest absolute Gasteiger partial charge is 0.302 e. The predicted molar refractivity (Wildman–Crippen MR) is 66.8 cm³/mol. The van der Waals surface area contributed by atoms with E-state index in [4.69, 9.17) is 4.74 Å². The van der Waals surface area contributed by atoms with Crippen LogP contribution in [0.25, 0.3) is 0 Å². The van der Waals surface area contributed by atoms with Crippen molar-refractivity contribution in [1.82, 2.24) is 0 Å². The fourth-order valence-electron chi connectivity index (χ4n) is 0.611. The van der Waals surface area contributed by atoms with Gasteiger partial charge in [-0.25, -0.2) is 0 Å². The van der Waals surface area contributed by atoms with Crippen molar-refractivity contribution in [3.05, 3.63) is 0 Å². The third-order valence-electron chi connectivity index (χ3n) is 1.10. The molecule has 17 heavy (non-hydrogen) atoms. The van der Waals surface area contributed by atoms with E-state index in [0.29, 0.717) is 13.2 Å². The van der Waals surface area contributed by atoms with Crippen molar-refractivity contribution in [2.75, 3.05) is 26.4 Å². The largest absolute Gasteiger partial charge is 0.466 e. The molecule has 0 radical (unpaired) electrons. The van der Waals surface area contributed by atoms with Gasteiger partial charge in [0.05, 0.1) is 13.2 Å². The Bertz CT molecular complexity index is 150. The Morgan fingerprint density at radius 1 is 0.706 bits per heavy atom. The third-order valence-corrected chi connectivity index (χ3v) is 1.10. The number of hydrogen-bond donors (Lipinski definition) is 0. The van der Waals surface area contributed by atoms with Crippen LogP contribution in [0.5, 0.6) is 0 Å². The van der Waals surface area contributed by atoms with E-state index in [2.05, 4.69) is 9.47 Å². The standard InChI is InChI=1S/2C4H8O2.C4H10O/c2*1-3-6-4(2)5;1-3-5-4-2/h2*3H2,1-2H3;3-4H2,1-2H3. The number of carbonyl (C=O) groups excluding carboxylic acids is 2. The van der Waals surface area contributed by atoms with Gasteiger partial charge >= 0.3 is 11.9 Å². The molecule has 0 aliphatic heterocycles. The Labute approximate surface area is 104 Å². The van der Waals surface area contributed by atoms with Crippen molar-refractivity contribution < 1.29 is 23.8 Å². The van der Waals surface area contributed by atoms with E-state index in [9.17, 15) is 9.59 Å². The highest BCUT2D eigenvalue weighted by atomic mass is 16.5. The number of hydrogen-bond acceptors (Lipinski definition) is 5. The molecule has 0 saturated heterocycles. The van der Waals surface area contributed by atoms with Crippen molar-refractivity contribution in [2.45, 2.75) is 41.5 Å². The van der Waals surface area contributed by atoms with E-state index in [0.717, 1.165) is 13.2 Å². The second-order valence-electron chi connectivity index (χ2n) is 2.63. The summed E-state index contributed by atoms with van der Waals surface area (Å²) in [5.41, 5.74) is 0. The van der Waals surface area contributed by atoms with E-state index < -0.39 is 0 Å². The van der Waals surface area contributed by atoms with Crippen LogP contribution in [0, 0.1) is 0 Å². The first-order valence-electron chi connectivity index (χ1n) is 5.80. The number of rotatable bonds is 4. The lowest BCUT2D eigenvalue weighted by Gasteiger charge is -1.89. The molecule has 0 aliphatic rings. The average molecular weight is 250 g/mol. The zero-order valence-corrected chi connectivity index (χ0v) is 11.9. The van der Waals surface area contributed by atoms with Crippen molar-refractivity contribution >= 4 is 11.9 Å². The normalized spacial score (nSPS) is 7.88. The molecule has 0 rings (SSSR count). The quantitative estimate of drug-likeness (QED) is 0.716. The summed E-state index contributed by atoms with van der Waals surface area (Å²) in [6.07, 6.45) is 0. The molecule has 5 heteroatoms. The fourth-order valence-corrected chi connectivity index (χ4v) is 0.611. The summed E-state index contributed by atoms with van der Waals surface area (Å²) in [4.78, 5) is 19.6. The fraction of sp³-hybridized carbons (Fsp3) is 0.833. The first kappa shape index (κ1) is 21.2. The van der Waals surface area contributed by atoms with Crippen LogP contribution in [0.3, 0.4) is 0 Å². The summed E-state index contributed by atoms with van der Waals surface area (Å²) < 4.78 is 13.6. The predicted octanol–water partition coefficient (Wildman–Crippen LogP) is 2.18. The molecule has 0 aromatic heterocycles. The molecule has 0 saturated carbocycles. The second-order valence-corrected chi connectivity index (χ2v) is 2.63. The Hall–Kier alpha value is -1.10. The molecule has 0 heterocycles. The van der Waals surface area contributed by atoms with Gasteiger partial charge in [-0.05, 0) is 27.7 Å². The molecule has 0 spiro atoms. The Morgan fingerprint density at radius 3 is 1.00 bits per heavy atom. The Morgan fingerprint density at radius 2 is 1.00 bits per heavy atom. The topological polar surface area (TPSA) is 61.8 Å². The zero-order chi connectivity index (χ0) is 14.1. The molecule has 0 unspecified atom stereocenters. The summed E-state index contributed by atoms with van der Waals surface area (Å²) in [5, 5.41) is 0. The molecule has 0 bridgehead atoms. The highest BCUT2D eigenvalue weighted by molar-refractivity contribution is 5.66. The van der Waals surface area contributed by atoms with Gasteiger partial charge in [-0.2, -0.15) is 0 Å². The van der Waals surface area contributed by atoms with Crippen LogP contribution < -0.4 is 0 Å². The molecular weight excluding hydrogens is 224 g/mol. The van der Waals surface area contributed by atoms with Gasteiger partial charge in [0, 0.05) is 27.1 Å². The molecule has 0 atom stereocenters. The maximum Gasteiger partial charge on any atom is 0.302 e. The van der Waals surface area contributed by atoms with Crippen LogP contribution in [0.4, 0.5) is 0 Å². The minimum atomic E-state index is -0.211. The van der Waals surface area contributed by atoms with Gasteiger partial charge in [-0.3, -0.25) is 9.59 Å². The molecule has 0 aliphatic carbocycles. The minimum absolute atomic E-state index is 0.211. The molecule has 0 N–H and O–H groups in total.